The van der Waals surface area contributed by atoms with E-state index in [4.69, 9.17) is 11.6 Å². The maximum Gasteiger partial charge on any atom is 0.431 e. The molecule has 2 rings (SSSR count). The molecule has 9 nitrogen and oxygen atoms in total. The Balaban J connectivity index is 2.73. The van der Waals surface area contributed by atoms with Crippen molar-refractivity contribution in [3.8, 4) is 5.69 Å². The molecule has 0 fully saturated rings. The van der Waals surface area contributed by atoms with Gasteiger partial charge in [-0.25, -0.2) is 13.8 Å². The average Bonchev–Trinajstić information content (AvgIpc) is 2.64. The van der Waals surface area contributed by atoms with Crippen LogP contribution in [0.1, 0.15) is 11.3 Å². The monoisotopic (exact) mass is 453 g/mol. The quantitative estimate of drug-likeness (QED) is 0.225. The minimum Gasteiger partial charge on any atom is -0.468 e. The zero-order valence-electron chi connectivity index (χ0n) is 15.2. The number of aromatic nitrogens is 2. The van der Waals surface area contributed by atoms with E-state index in [1.54, 1.807) is 0 Å². The Hall–Kier alpha value is -3.22. The molecule has 0 aliphatic heterocycles. The first kappa shape index (κ1) is 23.1. The average molecular weight is 454 g/mol. The third kappa shape index (κ3) is 4.35. The number of benzene rings is 1. The molecular weight excluding hydrogens is 442 g/mol. The van der Waals surface area contributed by atoms with Crippen molar-refractivity contribution in [3.05, 3.63) is 66.2 Å². The van der Waals surface area contributed by atoms with Crippen LogP contribution in [-0.4, -0.2) is 32.5 Å². The molecule has 14 heteroatoms. The molecule has 30 heavy (non-hydrogen) atoms. The summed E-state index contributed by atoms with van der Waals surface area (Å²) in [7, 11) is 1.72. The van der Waals surface area contributed by atoms with Crippen LogP contribution in [0.5, 0.6) is 0 Å². The Morgan fingerprint density at radius 1 is 1.30 bits per heavy atom. The van der Waals surface area contributed by atoms with Crippen LogP contribution >= 0.6 is 11.6 Å². The zero-order chi connectivity index (χ0) is 23.0. The highest BCUT2D eigenvalue weighted by atomic mass is 35.5. The van der Waals surface area contributed by atoms with Gasteiger partial charge in [-0.2, -0.15) is 13.2 Å². The van der Waals surface area contributed by atoms with Crippen LogP contribution in [0.3, 0.4) is 0 Å². The molecule has 0 aliphatic rings. The van der Waals surface area contributed by atoms with Crippen LogP contribution in [0, 0.1) is 15.9 Å². The standard InChI is InChI=1S/C16H12ClF4N3O6/c1-22-12(16(19,20)21)6-13(25)23(15(22)27)11-5-10(24(28)29)7(4-9(11)18)3-8(17)14(26)30-2/h4-6,8H,3H2,1-2H3. The van der Waals surface area contributed by atoms with E-state index in [1.807, 2.05) is 0 Å². The first-order valence-electron chi connectivity index (χ1n) is 7.89. The molecule has 0 radical (unpaired) electrons. The maximum atomic E-state index is 14.6. The topological polar surface area (TPSA) is 113 Å². The smallest absolute Gasteiger partial charge is 0.431 e. The summed E-state index contributed by atoms with van der Waals surface area (Å²) in [5.41, 5.74) is -6.80. The van der Waals surface area contributed by atoms with Gasteiger partial charge in [0.05, 0.1) is 17.7 Å². The lowest BCUT2D eigenvalue weighted by molar-refractivity contribution is -0.385. The molecule has 0 saturated carbocycles. The summed E-state index contributed by atoms with van der Waals surface area (Å²) in [5.74, 6) is -2.27. The van der Waals surface area contributed by atoms with Gasteiger partial charge >= 0.3 is 17.8 Å². The Labute approximate surface area is 169 Å². The predicted octanol–water partition coefficient (Wildman–Crippen LogP) is 1.93. The lowest BCUT2D eigenvalue weighted by Crippen LogP contribution is -2.41. The van der Waals surface area contributed by atoms with Gasteiger partial charge in [0.25, 0.3) is 11.2 Å². The summed E-state index contributed by atoms with van der Waals surface area (Å²) >= 11 is 5.75. The number of nitro groups is 1. The second kappa shape index (κ2) is 8.26. The van der Waals surface area contributed by atoms with Gasteiger partial charge in [0.1, 0.15) is 16.9 Å². The third-order valence-corrected chi connectivity index (χ3v) is 4.38. The number of ether oxygens (including phenoxy) is 1. The maximum absolute atomic E-state index is 14.6. The molecule has 1 unspecified atom stereocenters. The summed E-state index contributed by atoms with van der Waals surface area (Å²) < 4.78 is 57.9. The van der Waals surface area contributed by atoms with Gasteiger partial charge in [-0.3, -0.25) is 24.3 Å². The van der Waals surface area contributed by atoms with Gasteiger partial charge in [-0.05, 0) is 6.07 Å². The van der Waals surface area contributed by atoms with Crippen LogP contribution in [0.4, 0.5) is 23.2 Å². The van der Waals surface area contributed by atoms with E-state index in [2.05, 4.69) is 4.74 Å². The first-order valence-corrected chi connectivity index (χ1v) is 8.32. The minimum atomic E-state index is -5.04. The first-order chi connectivity index (χ1) is 13.8. The van der Waals surface area contributed by atoms with Crippen LogP contribution < -0.4 is 11.2 Å². The number of rotatable bonds is 5. The number of carbonyl (C=O) groups is 1. The second-order valence-corrected chi connectivity index (χ2v) is 6.45. The van der Waals surface area contributed by atoms with Gasteiger partial charge in [-0.15, -0.1) is 11.6 Å². The molecule has 0 bridgehead atoms. The predicted molar refractivity (Wildman–Crippen MR) is 94.3 cm³/mol. The molecular formula is C16H12ClF4N3O6. The number of nitrogens with zero attached hydrogens (tertiary/aromatic N) is 3. The molecule has 162 valence electrons. The highest BCUT2D eigenvalue weighted by molar-refractivity contribution is 6.30. The second-order valence-electron chi connectivity index (χ2n) is 5.93. The van der Waals surface area contributed by atoms with E-state index in [-0.39, 0.29) is 20.8 Å². The van der Waals surface area contributed by atoms with Crippen LogP contribution in [0.15, 0.2) is 27.8 Å². The number of methoxy groups -OCH3 is 1. The number of nitro benzene ring substituents is 1. The van der Waals surface area contributed by atoms with Gasteiger partial charge in [-0.1, -0.05) is 0 Å². The molecule has 0 spiro atoms. The number of carbonyl (C=O) groups excluding carboxylic acids is 1. The fourth-order valence-corrected chi connectivity index (χ4v) is 2.88. The fraction of sp³-hybridized carbons (Fsp3) is 0.312. The van der Waals surface area contributed by atoms with Gasteiger partial charge < -0.3 is 4.74 Å². The normalized spacial score (nSPS) is 12.5. The molecule has 1 aromatic carbocycles. The van der Waals surface area contributed by atoms with Crippen LogP contribution in [-0.2, 0) is 29.2 Å². The Kier molecular flexibility index (Phi) is 6.35. The summed E-state index contributed by atoms with van der Waals surface area (Å²) in [4.78, 5) is 46.2. The van der Waals surface area contributed by atoms with Crippen molar-refractivity contribution in [2.75, 3.05) is 7.11 Å². The third-order valence-electron chi connectivity index (χ3n) is 4.05. The Morgan fingerprint density at radius 3 is 2.40 bits per heavy atom. The van der Waals surface area contributed by atoms with Crippen LogP contribution in [0.2, 0.25) is 0 Å². The van der Waals surface area contributed by atoms with Crippen molar-refractivity contribution >= 4 is 23.3 Å². The largest absolute Gasteiger partial charge is 0.468 e. The van der Waals surface area contributed by atoms with E-state index in [9.17, 15) is 42.1 Å². The number of hydrogen-bond donors (Lipinski definition) is 0. The summed E-state index contributed by atoms with van der Waals surface area (Å²) in [5, 5.41) is 9.96. The van der Waals surface area contributed by atoms with Gasteiger partial charge in [0.15, 0.2) is 0 Å². The molecule has 1 heterocycles. The van der Waals surface area contributed by atoms with E-state index < -0.39 is 63.0 Å². The number of esters is 1. The Bertz CT molecular complexity index is 1140. The summed E-state index contributed by atoms with van der Waals surface area (Å²) in [6, 6.07) is 1.13. The molecule has 1 atom stereocenters. The number of hydrogen-bond acceptors (Lipinski definition) is 6. The van der Waals surface area contributed by atoms with E-state index in [0.29, 0.717) is 19.2 Å². The molecule has 1 aromatic heterocycles. The van der Waals surface area contributed by atoms with Crippen molar-refractivity contribution in [3.63, 3.8) is 0 Å². The number of halogens is 5. The summed E-state index contributed by atoms with van der Waals surface area (Å²) in [6.07, 6.45) is -5.56. The molecule has 0 amide bonds. The fourth-order valence-electron chi connectivity index (χ4n) is 2.62. The SMILES string of the molecule is COC(=O)C(Cl)Cc1cc(F)c(-n2c(=O)cc(C(F)(F)F)n(C)c2=O)cc1[N+](=O)[O-]. The van der Waals surface area contributed by atoms with Gasteiger partial charge in [0.2, 0.25) is 0 Å². The zero-order valence-corrected chi connectivity index (χ0v) is 16.0. The van der Waals surface area contributed by atoms with E-state index in [0.717, 1.165) is 7.11 Å². The van der Waals surface area contributed by atoms with E-state index in [1.165, 1.54) is 0 Å². The number of alkyl halides is 4. The minimum absolute atomic E-state index is 0.0276. The van der Waals surface area contributed by atoms with Crippen LogP contribution in [0.25, 0.3) is 5.69 Å². The van der Waals surface area contributed by atoms with Crippen molar-refractivity contribution in [2.24, 2.45) is 7.05 Å². The molecule has 0 aliphatic carbocycles. The van der Waals surface area contributed by atoms with Crippen molar-refractivity contribution in [1.29, 1.82) is 0 Å². The summed E-state index contributed by atoms with van der Waals surface area (Å²) in [6.45, 7) is 0. The highest BCUT2D eigenvalue weighted by Crippen LogP contribution is 2.29. The van der Waals surface area contributed by atoms with Crippen molar-refractivity contribution in [2.45, 2.75) is 18.0 Å². The van der Waals surface area contributed by atoms with E-state index >= 15 is 0 Å². The Morgan fingerprint density at radius 2 is 1.90 bits per heavy atom. The molecule has 0 N–H and O–H groups in total. The lowest BCUT2D eigenvalue weighted by Gasteiger charge is -2.15. The molecule has 2 aromatic rings. The van der Waals surface area contributed by atoms with Crippen molar-refractivity contribution < 1.29 is 32.0 Å². The van der Waals surface area contributed by atoms with Gasteiger partial charge in [0, 0.05) is 31.2 Å². The van der Waals surface area contributed by atoms with Crippen molar-refractivity contribution in [1.82, 2.24) is 9.13 Å². The lowest BCUT2D eigenvalue weighted by atomic mass is 10.1. The molecule has 0 saturated heterocycles. The highest BCUT2D eigenvalue weighted by Gasteiger charge is 2.35.